The molecule has 0 saturated heterocycles. The van der Waals surface area contributed by atoms with Crippen molar-refractivity contribution < 1.29 is 13.2 Å². The van der Waals surface area contributed by atoms with Crippen LogP contribution in [0.25, 0.3) is 0 Å². The number of rotatable bonds is 5. The maximum Gasteiger partial charge on any atom is 0.261 e. The Labute approximate surface area is 118 Å². The molecule has 0 aromatic heterocycles. The average molecular weight is 304 g/mol. The summed E-state index contributed by atoms with van der Waals surface area (Å²) in [4.78, 5) is 13.8. The molecule has 1 amide bonds. The Morgan fingerprint density at radius 2 is 1.79 bits per heavy atom. The number of hydrogen-bond acceptors (Lipinski definition) is 3. The molecule has 0 bridgehead atoms. The number of carbonyl (C=O) groups excluding carboxylic acids is 1. The molecule has 0 unspecified atom stereocenters. The second-order valence-electron chi connectivity index (χ2n) is 4.09. The summed E-state index contributed by atoms with van der Waals surface area (Å²) < 4.78 is 23.1. The Bertz CT molecular complexity index is 565. The molecule has 0 saturated carbocycles. The normalized spacial score (nSPS) is 11.4. The van der Waals surface area contributed by atoms with Gasteiger partial charge in [0.05, 0.1) is 4.90 Å². The smallest absolute Gasteiger partial charge is 0.261 e. The van der Waals surface area contributed by atoms with Gasteiger partial charge in [-0.3, -0.25) is 4.79 Å². The Balaban J connectivity index is 3.30. The molecule has 0 spiro atoms. The molecular formula is C13H18ClNO3S. The molecule has 4 nitrogen and oxygen atoms in total. The highest BCUT2D eigenvalue weighted by atomic mass is 35.7. The van der Waals surface area contributed by atoms with Crippen LogP contribution in [0.5, 0.6) is 0 Å². The van der Waals surface area contributed by atoms with Gasteiger partial charge in [0.1, 0.15) is 0 Å². The molecule has 19 heavy (non-hydrogen) atoms. The summed E-state index contributed by atoms with van der Waals surface area (Å²) in [5.74, 6) is -0.186. The Morgan fingerprint density at radius 3 is 2.21 bits per heavy atom. The van der Waals surface area contributed by atoms with E-state index in [0.717, 1.165) is 0 Å². The number of amides is 1. The fourth-order valence-electron chi connectivity index (χ4n) is 1.90. The van der Waals surface area contributed by atoms with Crippen LogP contribution in [0.3, 0.4) is 0 Å². The molecule has 6 heteroatoms. The van der Waals surface area contributed by atoms with Crippen molar-refractivity contribution in [3.05, 3.63) is 29.3 Å². The van der Waals surface area contributed by atoms with Crippen LogP contribution in [-0.4, -0.2) is 32.3 Å². The fraction of sp³-hybridized carbons (Fsp3) is 0.462. The molecule has 0 heterocycles. The Hall–Kier alpha value is -1.07. The van der Waals surface area contributed by atoms with Crippen LogP contribution < -0.4 is 0 Å². The minimum absolute atomic E-state index is 0.0228. The summed E-state index contributed by atoms with van der Waals surface area (Å²) in [5.41, 5.74) is 0.964. The standard InChI is InChI=1S/C13H18ClNO3S/c1-4-10-7-8-11(9-12(10)19(14,17)18)13(16)15(5-2)6-3/h7-9H,4-6H2,1-3H3. The van der Waals surface area contributed by atoms with E-state index in [1.54, 1.807) is 17.0 Å². The van der Waals surface area contributed by atoms with Crippen molar-refractivity contribution in [3.8, 4) is 0 Å². The second-order valence-corrected chi connectivity index (χ2v) is 6.63. The van der Waals surface area contributed by atoms with Crippen molar-refractivity contribution in [2.45, 2.75) is 32.1 Å². The SMILES string of the molecule is CCc1ccc(C(=O)N(CC)CC)cc1S(=O)(=O)Cl. The third-order valence-electron chi connectivity index (χ3n) is 3.01. The van der Waals surface area contributed by atoms with E-state index in [9.17, 15) is 13.2 Å². The lowest BCUT2D eigenvalue weighted by Crippen LogP contribution is -2.30. The molecule has 1 rings (SSSR count). The minimum atomic E-state index is -3.84. The Kier molecular flexibility index (Phi) is 5.38. The summed E-state index contributed by atoms with van der Waals surface area (Å²) in [7, 11) is 1.57. The number of carbonyl (C=O) groups is 1. The summed E-state index contributed by atoms with van der Waals surface area (Å²) in [6, 6.07) is 4.65. The average Bonchev–Trinajstić information content (AvgIpc) is 2.38. The molecule has 0 N–H and O–H groups in total. The first-order valence-electron chi connectivity index (χ1n) is 6.21. The van der Waals surface area contributed by atoms with Gasteiger partial charge >= 0.3 is 0 Å². The first-order valence-corrected chi connectivity index (χ1v) is 8.52. The van der Waals surface area contributed by atoms with Gasteiger partial charge in [0.2, 0.25) is 0 Å². The quantitative estimate of drug-likeness (QED) is 0.786. The van der Waals surface area contributed by atoms with Crippen LogP contribution in [0, 0.1) is 0 Å². The molecule has 0 atom stereocenters. The zero-order chi connectivity index (χ0) is 14.6. The zero-order valence-corrected chi connectivity index (χ0v) is 12.9. The number of halogens is 1. The first-order chi connectivity index (χ1) is 8.85. The fourth-order valence-corrected chi connectivity index (χ4v) is 3.12. The van der Waals surface area contributed by atoms with E-state index in [1.807, 2.05) is 20.8 Å². The third-order valence-corrected chi connectivity index (χ3v) is 4.41. The third kappa shape index (κ3) is 3.70. The number of hydrogen-bond donors (Lipinski definition) is 0. The molecular weight excluding hydrogens is 286 g/mol. The molecule has 0 radical (unpaired) electrons. The molecule has 106 valence electrons. The van der Waals surface area contributed by atoms with Gasteiger partial charge in [-0.15, -0.1) is 0 Å². The van der Waals surface area contributed by atoms with Crippen LogP contribution in [0.1, 0.15) is 36.7 Å². The van der Waals surface area contributed by atoms with Gasteiger partial charge in [-0.2, -0.15) is 0 Å². The van der Waals surface area contributed by atoms with Gasteiger partial charge < -0.3 is 4.90 Å². The van der Waals surface area contributed by atoms with E-state index >= 15 is 0 Å². The lowest BCUT2D eigenvalue weighted by molar-refractivity contribution is 0.0772. The van der Waals surface area contributed by atoms with Gasteiger partial charge in [0.25, 0.3) is 15.0 Å². The lowest BCUT2D eigenvalue weighted by Gasteiger charge is -2.19. The molecule has 0 aliphatic rings. The minimum Gasteiger partial charge on any atom is -0.339 e. The number of aryl methyl sites for hydroxylation is 1. The summed E-state index contributed by atoms with van der Waals surface area (Å²) in [5, 5.41) is 0. The topological polar surface area (TPSA) is 54.5 Å². The summed E-state index contributed by atoms with van der Waals surface area (Å²) in [6.07, 6.45) is 0.543. The van der Waals surface area contributed by atoms with Gasteiger partial charge in [0.15, 0.2) is 0 Å². The van der Waals surface area contributed by atoms with E-state index < -0.39 is 9.05 Å². The number of benzene rings is 1. The molecule has 0 aliphatic heterocycles. The predicted molar refractivity (Wildman–Crippen MR) is 76.1 cm³/mol. The van der Waals surface area contributed by atoms with Gasteiger partial charge in [-0.1, -0.05) is 13.0 Å². The van der Waals surface area contributed by atoms with Crippen molar-refractivity contribution in [2.75, 3.05) is 13.1 Å². The van der Waals surface area contributed by atoms with Gasteiger partial charge in [-0.25, -0.2) is 8.42 Å². The van der Waals surface area contributed by atoms with Crippen molar-refractivity contribution in [1.82, 2.24) is 4.90 Å². The van der Waals surface area contributed by atoms with Crippen LogP contribution in [0.15, 0.2) is 23.1 Å². The lowest BCUT2D eigenvalue weighted by atomic mass is 10.1. The van der Waals surface area contributed by atoms with E-state index in [4.69, 9.17) is 10.7 Å². The van der Waals surface area contributed by atoms with Crippen LogP contribution >= 0.6 is 10.7 Å². The van der Waals surface area contributed by atoms with E-state index in [1.165, 1.54) is 6.07 Å². The predicted octanol–water partition coefficient (Wildman–Crippen LogP) is 2.66. The largest absolute Gasteiger partial charge is 0.339 e. The number of nitrogens with zero attached hydrogens (tertiary/aromatic N) is 1. The van der Waals surface area contributed by atoms with Crippen molar-refractivity contribution in [1.29, 1.82) is 0 Å². The maximum absolute atomic E-state index is 12.2. The summed E-state index contributed by atoms with van der Waals surface area (Å²) in [6.45, 7) is 6.75. The van der Waals surface area contributed by atoms with Gasteiger partial charge in [0, 0.05) is 29.3 Å². The first kappa shape index (κ1) is 16.0. The van der Waals surface area contributed by atoms with Crippen molar-refractivity contribution in [3.63, 3.8) is 0 Å². The molecule has 1 aromatic carbocycles. The Morgan fingerprint density at radius 1 is 1.21 bits per heavy atom. The molecule has 0 aliphatic carbocycles. The van der Waals surface area contributed by atoms with E-state index in [2.05, 4.69) is 0 Å². The van der Waals surface area contributed by atoms with E-state index in [0.29, 0.717) is 30.6 Å². The molecule has 0 fully saturated rings. The molecule has 1 aromatic rings. The van der Waals surface area contributed by atoms with Crippen LogP contribution in [0.4, 0.5) is 0 Å². The highest BCUT2D eigenvalue weighted by Crippen LogP contribution is 2.23. The van der Waals surface area contributed by atoms with Crippen molar-refractivity contribution >= 4 is 25.6 Å². The van der Waals surface area contributed by atoms with E-state index in [-0.39, 0.29) is 10.8 Å². The summed E-state index contributed by atoms with van der Waals surface area (Å²) >= 11 is 0. The van der Waals surface area contributed by atoms with Crippen LogP contribution in [-0.2, 0) is 15.5 Å². The van der Waals surface area contributed by atoms with Crippen molar-refractivity contribution in [2.24, 2.45) is 0 Å². The monoisotopic (exact) mass is 303 g/mol. The highest BCUT2D eigenvalue weighted by Gasteiger charge is 2.19. The van der Waals surface area contributed by atoms with Gasteiger partial charge in [-0.05, 0) is 38.0 Å². The zero-order valence-electron chi connectivity index (χ0n) is 11.3. The second kappa shape index (κ2) is 6.39. The maximum atomic E-state index is 12.2. The highest BCUT2D eigenvalue weighted by molar-refractivity contribution is 8.13. The van der Waals surface area contributed by atoms with Crippen LogP contribution in [0.2, 0.25) is 0 Å².